The van der Waals surface area contributed by atoms with Crippen LogP contribution in [0.25, 0.3) is 0 Å². The predicted octanol–water partition coefficient (Wildman–Crippen LogP) is 1.70. The number of alkyl halides is 3. The second kappa shape index (κ2) is 6.66. The quantitative estimate of drug-likeness (QED) is 0.920. The molecule has 1 atom stereocenters. The number of amides is 1. The van der Waals surface area contributed by atoms with Gasteiger partial charge in [0.15, 0.2) is 0 Å². The Morgan fingerprint density at radius 1 is 1.18 bits per heavy atom. The summed E-state index contributed by atoms with van der Waals surface area (Å²) < 4.78 is 37.5. The molecule has 1 saturated heterocycles. The van der Waals surface area contributed by atoms with E-state index in [0.717, 1.165) is 43.9 Å². The number of benzene rings is 1. The minimum Gasteiger partial charge on any atom is -0.368 e. The van der Waals surface area contributed by atoms with Crippen molar-refractivity contribution in [1.82, 2.24) is 9.80 Å². The Bertz CT molecular complexity index is 508. The van der Waals surface area contributed by atoms with Crippen LogP contribution in [-0.4, -0.2) is 47.9 Å². The molecule has 1 aliphatic heterocycles. The van der Waals surface area contributed by atoms with E-state index in [0.29, 0.717) is 6.54 Å². The number of rotatable bonds is 4. The van der Waals surface area contributed by atoms with Crippen LogP contribution in [0.3, 0.4) is 0 Å². The highest BCUT2D eigenvalue weighted by Crippen LogP contribution is 2.29. The first-order chi connectivity index (χ1) is 10.3. The fourth-order valence-corrected chi connectivity index (χ4v) is 2.55. The molecule has 1 unspecified atom stereocenters. The smallest absolute Gasteiger partial charge is 0.368 e. The Morgan fingerprint density at radius 3 is 2.18 bits per heavy atom. The van der Waals surface area contributed by atoms with E-state index >= 15 is 0 Å². The minimum absolute atomic E-state index is 0.284. The van der Waals surface area contributed by atoms with Gasteiger partial charge in [0.25, 0.3) is 0 Å². The van der Waals surface area contributed by atoms with E-state index in [1.54, 1.807) is 6.92 Å². The minimum atomic E-state index is -4.30. The summed E-state index contributed by atoms with van der Waals surface area (Å²) in [6, 6.07) is 4.97. The van der Waals surface area contributed by atoms with Crippen molar-refractivity contribution >= 4 is 5.91 Å². The summed E-state index contributed by atoms with van der Waals surface area (Å²) in [5.41, 5.74) is 5.51. The van der Waals surface area contributed by atoms with E-state index in [-0.39, 0.29) is 11.9 Å². The molecule has 2 rings (SSSR count). The van der Waals surface area contributed by atoms with E-state index in [1.165, 1.54) is 12.1 Å². The maximum Gasteiger partial charge on any atom is 0.416 e. The first-order valence-electron chi connectivity index (χ1n) is 7.19. The van der Waals surface area contributed by atoms with Gasteiger partial charge in [-0.1, -0.05) is 12.1 Å². The summed E-state index contributed by atoms with van der Waals surface area (Å²) >= 11 is 0. The van der Waals surface area contributed by atoms with E-state index in [4.69, 9.17) is 5.73 Å². The standard InChI is InChI=1S/C15H20F3N3O/c1-11(14(19)22)21-8-6-20(7-9-21)10-12-2-4-13(5-3-12)15(16,17)18/h2-5,11H,6-10H2,1H3,(H2,19,22). The maximum atomic E-state index is 12.5. The number of hydrogen-bond acceptors (Lipinski definition) is 3. The molecule has 1 amide bonds. The fourth-order valence-electron chi connectivity index (χ4n) is 2.55. The van der Waals surface area contributed by atoms with Gasteiger partial charge < -0.3 is 5.73 Å². The summed E-state index contributed by atoms with van der Waals surface area (Å²) in [4.78, 5) is 15.3. The van der Waals surface area contributed by atoms with Crippen LogP contribution in [0, 0.1) is 0 Å². The molecular weight excluding hydrogens is 295 g/mol. The maximum absolute atomic E-state index is 12.5. The third kappa shape index (κ3) is 4.20. The number of halogens is 3. The fraction of sp³-hybridized carbons (Fsp3) is 0.533. The average molecular weight is 315 g/mol. The third-order valence-electron chi connectivity index (χ3n) is 4.05. The molecular formula is C15H20F3N3O. The second-order valence-corrected chi connectivity index (χ2v) is 5.59. The van der Waals surface area contributed by atoms with Gasteiger partial charge in [0.2, 0.25) is 5.91 Å². The molecule has 22 heavy (non-hydrogen) atoms. The summed E-state index contributed by atoms with van der Waals surface area (Å²) in [5, 5.41) is 0. The van der Waals surface area contributed by atoms with Crippen molar-refractivity contribution in [3.63, 3.8) is 0 Å². The molecule has 4 nitrogen and oxygen atoms in total. The van der Waals surface area contributed by atoms with Gasteiger partial charge in [0, 0.05) is 32.7 Å². The zero-order valence-corrected chi connectivity index (χ0v) is 12.4. The molecule has 1 aromatic rings. The second-order valence-electron chi connectivity index (χ2n) is 5.59. The summed E-state index contributed by atoms with van der Waals surface area (Å²) in [6.07, 6.45) is -4.30. The topological polar surface area (TPSA) is 49.6 Å². The number of nitrogens with two attached hydrogens (primary N) is 1. The normalized spacial score (nSPS) is 19.1. The van der Waals surface area contributed by atoms with Crippen LogP contribution in [0.4, 0.5) is 13.2 Å². The van der Waals surface area contributed by atoms with Gasteiger partial charge in [-0.25, -0.2) is 0 Å². The lowest BCUT2D eigenvalue weighted by Gasteiger charge is -2.37. The van der Waals surface area contributed by atoms with Crippen LogP contribution in [0.15, 0.2) is 24.3 Å². The molecule has 1 heterocycles. The van der Waals surface area contributed by atoms with Gasteiger partial charge in [0.1, 0.15) is 0 Å². The van der Waals surface area contributed by atoms with Crippen molar-refractivity contribution in [2.75, 3.05) is 26.2 Å². The van der Waals surface area contributed by atoms with Crippen LogP contribution in [0.1, 0.15) is 18.1 Å². The van der Waals surface area contributed by atoms with Gasteiger partial charge in [-0.15, -0.1) is 0 Å². The molecule has 1 aromatic carbocycles. The number of nitrogens with zero attached hydrogens (tertiary/aromatic N) is 2. The number of hydrogen-bond donors (Lipinski definition) is 1. The van der Waals surface area contributed by atoms with Gasteiger partial charge in [-0.2, -0.15) is 13.2 Å². The van der Waals surface area contributed by atoms with Gasteiger partial charge in [0.05, 0.1) is 11.6 Å². The van der Waals surface area contributed by atoms with Crippen molar-refractivity contribution in [2.24, 2.45) is 5.73 Å². The zero-order valence-electron chi connectivity index (χ0n) is 12.4. The van der Waals surface area contributed by atoms with Crippen molar-refractivity contribution in [2.45, 2.75) is 25.7 Å². The molecule has 0 bridgehead atoms. The highest BCUT2D eigenvalue weighted by Gasteiger charge is 2.30. The summed E-state index contributed by atoms with van der Waals surface area (Å²) in [6.45, 7) is 5.37. The van der Waals surface area contributed by atoms with Crippen LogP contribution >= 0.6 is 0 Å². The van der Waals surface area contributed by atoms with Crippen LogP contribution in [-0.2, 0) is 17.5 Å². The largest absolute Gasteiger partial charge is 0.416 e. The average Bonchev–Trinajstić information content (AvgIpc) is 2.47. The lowest BCUT2D eigenvalue weighted by atomic mass is 10.1. The molecule has 7 heteroatoms. The SMILES string of the molecule is CC(C(N)=O)N1CCN(Cc2ccc(C(F)(F)F)cc2)CC1. The number of carbonyl (C=O) groups excluding carboxylic acids is 1. The number of carbonyl (C=O) groups is 1. The molecule has 0 aromatic heterocycles. The molecule has 0 spiro atoms. The van der Waals surface area contributed by atoms with Crippen molar-refractivity contribution in [3.05, 3.63) is 35.4 Å². The Kier molecular flexibility index (Phi) is 5.08. The third-order valence-corrected chi connectivity index (χ3v) is 4.05. The van der Waals surface area contributed by atoms with E-state index in [1.807, 2.05) is 4.90 Å². The highest BCUT2D eigenvalue weighted by atomic mass is 19.4. The lowest BCUT2D eigenvalue weighted by Crippen LogP contribution is -2.52. The van der Waals surface area contributed by atoms with Crippen LogP contribution < -0.4 is 5.73 Å². The van der Waals surface area contributed by atoms with Gasteiger partial charge >= 0.3 is 6.18 Å². The zero-order chi connectivity index (χ0) is 16.3. The monoisotopic (exact) mass is 315 g/mol. The molecule has 1 aliphatic rings. The van der Waals surface area contributed by atoms with Gasteiger partial charge in [-0.3, -0.25) is 14.6 Å². The molecule has 1 fully saturated rings. The van der Waals surface area contributed by atoms with E-state index < -0.39 is 11.7 Å². The summed E-state index contributed by atoms with van der Waals surface area (Å²) in [5.74, 6) is -0.337. The molecule has 122 valence electrons. The molecule has 0 radical (unpaired) electrons. The molecule has 0 saturated carbocycles. The highest BCUT2D eigenvalue weighted by molar-refractivity contribution is 5.79. The first kappa shape index (κ1) is 16.8. The van der Waals surface area contributed by atoms with E-state index in [2.05, 4.69) is 4.90 Å². The van der Waals surface area contributed by atoms with Crippen molar-refractivity contribution in [1.29, 1.82) is 0 Å². The van der Waals surface area contributed by atoms with Gasteiger partial charge in [-0.05, 0) is 24.6 Å². The van der Waals surface area contributed by atoms with Crippen LogP contribution in [0.2, 0.25) is 0 Å². The van der Waals surface area contributed by atoms with Crippen molar-refractivity contribution < 1.29 is 18.0 Å². The number of primary amides is 1. The van der Waals surface area contributed by atoms with Crippen molar-refractivity contribution in [3.8, 4) is 0 Å². The predicted molar refractivity (Wildman–Crippen MR) is 77.0 cm³/mol. The lowest BCUT2D eigenvalue weighted by molar-refractivity contribution is -0.137. The first-order valence-corrected chi connectivity index (χ1v) is 7.19. The van der Waals surface area contributed by atoms with E-state index in [9.17, 15) is 18.0 Å². The summed E-state index contributed by atoms with van der Waals surface area (Å²) in [7, 11) is 0. The molecule has 2 N–H and O–H groups in total. The van der Waals surface area contributed by atoms with Crippen LogP contribution in [0.5, 0.6) is 0 Å². The molecule has 0 aliphatic carbocycles. The number of piperazine rings is 1. The Hall–Kier alpha value is -1.60. The Labute approximate surface area is 127 Å². The Balaban J connectivity index is 1.87. The Morgan fingerprint density at radius 2 is 1.73 bits per heavy atom.